The van der Waals surface area contributed by atoms with Crippen LogP contribution in [0.1, 0.15) is 37.8 Å². The zero-order valence-corrected chi connectivity index (χ0v) is 13.0. The topological polar surface area (TPSA) is 61.6 Å². The van der Waals surface area contributed by atoms with Crippen molar-refractivity contribution in [2.75, 3.05) is 13.7 Å². The van der Waals surface area contributed by atoms with Gasteiger partial charge in [0.05, 0.1) is 25.4 Å². The smallest absolute Gasteiger partial charge is 0.141 e. The van der Waals surface area contributed by atoms with Crippen molar-refractivity contribution >= 4 is 6.29 Å². The Balaban J connectivity index is 2.74. The minimum Gasteiger partial charge on any atom is -0.497 e. The van der Waals surface area contributed by atoms with Gasteiger partial charge >= 0.3 is 0 Å². The Labute approximate surface area is 121 Å². The summed E-state index contributed by atoms with van der Waals surface area (Å²) >= 11 is 0. The Hall–Kier alpha value is -1.39. The SMILES string of the molecule is COc1ccc([C@H](C)[C@H](C)OC[C@@](C)(N)C=O)c(C)c1. The number of hydrogen-bond donors (Lipinski definition) is 1. The average Bonchev–Trinajstić information content (AvgIpc) is 2.44. The van der Waals surface area contributed by atoms with Gasteiger partial charge in [-0.3, -0.25) is 0 Å². The molecule has 0 heterocycles. The maximum Gasteiger partial charge on any atom is 0.141 e. The molecule has 0 saturated carbocycles. The lowest BCUT2D eigenvalue weighted by Crippen LogP contribution is -2.44. The van der Waals surface area contributed by atoms with Gasteiger partial charge in [-0.15, -0.1) is 0 Å². The van der Waals surface area contributed by atoms with Crippen LogP contribution in [-0.2, 0) is 9.53 Å². The summed E-state index contributed by atoms with van der Waals surface area (Å²) in [5.41, 5.74) is 7.21. The van der Waals surface area contributed by atoms with Gasteiger partial charge < -0.3 is 20.0 Å². The molecule has 0 bridgehead atoms. The van der Waals surface area contributed by atoms with Crippen LogP contribution in [0.4, 0.5) is 0 Å². The molecule has 20 heavy (non-hydrogen) atoms. The molecular formula is C16H25NO3. The molecule has 1 rings (SSSR count). The molecule has 0 saturated heterocycles. The molecule has 1 aromatic rings. The third-order valence-corrected chi connectivity index (χ3v) is 3.60. The molecule has 0 aliphatic rings. The van der Waals surface area contributed by atoms with E-state index in [0.717, 1.165) is 17.6 Å². The van der Waals surface area contributed by atoms with Gasteiger partial charge in [-0.05, 0) is 44.0 Å². The number of ether oxygens (including phenoxy) is 2. The number of hydrogen-bond acceptors (Lipinski definition) is 4. The van der Waals surface area contributed by atoms with E-state index in [4.69, 9.17) is 15.2 Å². The van der Waals surface area contributed by atoms with Gasteiger partial charge in [-0.2, -0.15) is 0 Å². The van der Waals surface area contributed by atoms with E-state index >= 15 is 0 Å². The fourth-order valence-corrected chi connectivity index (χ4v) is 2.03. The van der Waals surface area contributed by atoms with Crippen LogP contribution in [0.5, 0.6) is 5.75 Å². The van der Waals surface area contributed by atoms with E-state index in [9.17, 15) is 4.79 Å². The number of aryl methyl sites for hydroxylation is 1. The van der Waals surface area contributed by atoms with Crippen molar-refractivity contribution in [3.63, 3.8) is 0 Å². The summed E-state index contributed by atoms with van der Waals surface area (Å²) in [7, 11) is 1.66. The van der Waals surface area contributed by atoms with Gasteiger partial charge in [-0.1, -0.05) is 13.0 Å². The lowest BCUT2D eigenvalue weighted by Gasteiger charge is -2.26. The normalized spacial score (nSPS) is 17.1. The number of methoxy groups -OCH3 is 1. The molecular weight excluding hydrogens is 254 g/mol. The van der Waals surface area contributed by atoms with Gasteiger partial charge in [0.15, 0.2) is 0 Å². The molecule has 4 nitrogen and oxygen atoms in total. The van der Waals surface area contributed by atoms with E-state index in [2.05, 4.69) is 19.9 Å². The fourth-order valence-electron chi connectivity index (χ4n) is 2.03. The number of rotatable bonds is 7. The first-order valence-corrected chi connectivity index (χ1v) is 6.82. The predicted octanol–water partition coefficient (Wildman–Crippen LogP) is 2.43. The maximum atomic E-state index is 10.8. The molecule has 0 radical (unpaired) electrons. The minimum absolute atomic E-state index is 0.0232. The van der Waals surface area contributed by atoms with Crippen molar-refractivity contribution in [3.05, 3.63) is 29.3 Å². The summed E-state index contributed by atoms with van der Waals surface area (Å²) in [6, 6.07) is 6.01. The molecule has 0 fully saturated rings. The number of benzene rings is 1. The minimum atomic E-state index is -0.928. The Morgan fingerprint density at radius 1 is 1.40 bits per heavy atom. The van der Waals surface area contributed by atoms with Gasteiger partial charge in [0, 0.05) is 5.92 Å². The summed E-state index contributed by atoms with van der Waals surface area (Å²) in [6.45, 7) is 8.04. The zero-order chi connectivity index (χ0) is 15.3. The molecule has 0 aromatic heterocycles. The Morgan fingerprint density at radius 3 is 2.55 bits per heavy atom. The Bertz CT molecular complexity index is 457. The van der Waals surface area contributed by atoms with E-state index in [1.807, 2.05) is 19.1 Å². The van der Waals surface area contributed by atoms with Gasteiger partial charge in [0.2, 0.25) is 0 Å². The van der Waals surface area contributed by atoms with Crippen LogP contribution in [0.25, 0.3) is 0 Å². The Kier molecular flexibility index (Phi) is 5.72. The van der Waals surface area contributed by atoms with Gasteiger partial charge in [0.1, 0.15) is 12.0 Å². The van der Waals surface area contributed by atoms with Crippen molar-refractivity contribution in [2.24, 2.45) is 5.73 Å². The summed E-state index contributed by atoms with van der Waals surface area (Å²) in [6.07, 6.45) is 0.702. The summed E-state index contributed by atoms with van der Waals surface area (Å²) < 4.78 is 10.9. The molecule has 4 heteroatoms. The molecule has 0 unspecified atom stereocenters. The molecule has 0 amide bonds. The monoisotopic (exact) mass is 279 g/mol. The lowest BCUT2D eigenvalue weighted by molar-refractivity contribution is -0.114. The molecule has 2 N–H and O–H groups in total. The highest BCUT2D eigenvalue weighted by Crippen LogP contribution is 2.27. The van der Waals surface area contributed by atoms with E-state index in [-0.39, 0.29) is 18.6 Å². The number of carbonyl (C=O) groups excluding carboxylic acids is 1. The standard InChI is InChI=1S/C16H25NO3/c1-11-8-14(19-5)6-7-15(11)12(2)13(3)20-10-16(4,17)9-18/h6-9,12-13H,10,17H2,1-5H3/t12-,13+,16+/m1/s1. The predicted molar refractivity (Wildman–Crippen MR) is 80.2 cm³/mol. The third kappa shape index (κ3) is 4.32. The number of carbonyl (C=O) groups is 1. The molecule has 0 aliphatic heterocycles. The number of aldehydes is 1. The molecule has 1 aromatic carbocycles. The highest BCUT2D eigenvalue weighted by molar-refractivity contribution is 5.63. The van der Waals surface area contributed by atoms with Crippen molar-refractivity contribution < 1.29 is 14.3 Å². The molecule has 3 atom stereocenters. The molecule has 112 valence electrons. The summed E-state index contributed by atoms with van der Waals surface area (Å²) in [4.78, 5) is 10.8. The van der Waals surface area contributed by atoms with E-state index in [1.54, 1.807) is 14.0 Å². The fraction of sp³-hybridized carbons (Fsp3) is 0.562. The second-order valence-electron chi connectivity index (χ2n) is 5.65. The van der Waals surface area contributed by atoms with Crippen LogP contribution in [0.3, 0.4) is 0 Å². The van der Waals surface area contributed by atoms with Crippen LogP contribution < -0.4 is 10.5 Å². The van der Waals surface area contributed by atoms with Gasteiger partial charge in [-0.25, -0.2) is 0 Å². The first-order valence-electron chi connectivity index (χ1n) is 6.82. The largest absolute Gasteiger partial charge is 0.497 e. The van der Waals surface area contributed by atoms with E-state index in [0.29, 0.717) is 0 Å². The van der Waals surface area contributed by atoms with Gasteiger partial charge in [0.25, 0.3) is 0 Å². The second-order valence-corrected chi connectivity index (χ2v) is 5.65. The first kappa shape index (κ1) is 16.7. The first-order chi connectivity index (χ1) is 9.30. The van der Waals surface area contributed by atoms with Crippen LogP contribution in [0.2, 0.25) is 0 Å². The quantitative estimate of drug-likeness (QED) is 0.779. The maximum absolute atomic E-state index is 10.8. The third-order valence-electron chi connectivity index (χ3n) is 3.60. The summed E-state index contributed by atoms with van der Waals surface area (Å²) in [5.74, 6) is 1.06. The van der Waals surface area contributed by atoms with Crippen LogP contribution in [-0.4, -0.2) is 31.6 Å². The van der Waals surface area contributed by atoms with Crippen molar-refractivity contribution in [1.29, 1.82) is 0 Å². The van der Waals surface area contributed by atoms with Crippen molar-refractivity contribution in [2.45, 2.75) is 45.3 Å². The highest BCUT2D eigenvalue weighted by atomic mass is 16.5. The van der Waals surface area contributed by atoms with E-state index in [1.165, 1.54) is 5.56 Å². The van der Waals surface area contributed by atoms with Crippen molar-refractivity contribution in [1.82, 2.24) is 0 Å². The lowest BCUT2D eigenvalue weighted by atomic mass is 9.92. The molecule has 0 spiro atoms. The van der Waals surface area contributed by atoms with Crippen LogP contribution >= 0.6 is 0 Å². The van der Waals surface area contributed by atoms with Crippen LogP contribution in [0.15, 0.2) is 18.2 Å². The average molecular weight is 279 g/mol. The molecule has 0 aliphatic carbocycles. The van der Waals surface area contributed by atoms with E-state index < -0.39 is 5.54 Å². The second kappa shape index (κ2) is 6.86. The van der Waals surface area contributed by atoms with Crippen molar-refractivity contribution in [3.8, 4) is 5.75 Å². The number of nitrogens with two attached hydrogens (primary N) is 1. The highest BCUT2D eigenvalue weighted by Gasteiger charge is 2.22. The summed E-state index contributed by atoms with van der Waals surface area (Å²) in [5, 5.41) is 0. The zero-order valence-electron chi connectivity index (χ0n) is 13.0. The Morgan fingerprint density at radius 2 is 2.05 bits per heavy atom. The van der Waals surface area contributed by atoms with Crippen LogP contribution in [0, 0.1) is 6.92 Å².